The first kappa shape index (κ1) is 15.5. The Morgan fingerprint density at radius 1 is 1.47 bits per heavy atom. The van der Waals surface area contributed by atoms with Gasteiger partial charge in [0.25, 0.3) is 0 Å². The summed E-state index contributed by atoms with van der Waals surface area (Å²) >= 11 is 0. The number of hydrogen-bond donors (Lipinski definition) is 2. The molecule has 104 valence electrons. The number of hydrogen-bond acceptors (Lipinski definition) is 4. The molecule has 0 spiro atoms. The lowest BCUT2D eigenvalue weighted by Crippen LogP contribution is -2.37. The second-order valence-electron chi connectivity index (χ2n) is 4.99. The van der Waals surface area contributed by atoms with E-state index in [1.807, 2.05) is 13.8 Å². The Hall–Kier alpha value is -1.57. The van der Waals surface area contributed by atoms with Crippen LogP contribution in [0.4, 0.5) is 0 Å². The highest BCUT2D eigenvalue weighted by atomic mass is 16.5. The van der Waals surface area contributed by atoms with Crippen molar-refractivity contribution in [1.29, 1.82) is 5.26 Å². The first-order valence-corrected chi connectivity index (χ1v) is 6.52. The number of methoxy groups -OCH3 is 1. The Morgan fingerprint density at radius 2 is 2.21 bits per heavy atom. The van der Waals surface area contributed by atoms with Crippen molar-refractivity contribution in [1.82, 2.24) is 5.32 Å². The van der Waals surface area contributed by atoms with Gasteiger partial charge in [0, 0.05) is 18.7 Å². The first-order valence-electron chi connectivity index (χ1n) is 6.52. The van der Waals surface area contributed by atoms with E-state index < -0.39 is 5.60 Å². The highest BCUT2D eigenvalue weighted by molar-refractivity contribution is 5.41. The van der Waals surface area contributed by atoms with Gasteiger partial charge in [-0.25, -0.2) is 0 Å². The van der Waals surface area contributed by atoms with Crippen molar-refractivity contribution in [3.63, 3.8) is 0 Å². The maximum absolute atomic E-state index is 10.1. The molecule has 0 saturated heterocycles. The molecule has 1 rings (SSSR count). The average molecular weight is 262 g/mol. The SMILES string of the molecule is CCCC(C)(O)CNCc1cc(C#N)ccc1OC. The molecule has 0 aromatic heterocycles. The third-order valence-electron chi connectivity index (χ3n) is 3.02. The lowest BCUT2D eigenvalue weighted by atomic mass is 10.0. The van der Waals surface area contributed by atoms with Crippen LogP contribution in [0.5, 0.6) is 5.75 Å². The lowest BCUT2D eigenvalue weighted by Gasteiger charge is -2.23. The minimum Gasteiger partial charge on any atom is -0.496 e. The molecule has 4 nitrogen and oxygen atoms in total. The molecule has 0 aliphatic rings. The third-order valence-corrected chi connectivity index (χ3v) is 3.02. The van der Waals surface area contributed by atoms with Crippen LogP contribution in [0.3, 0.4) is 0 Å². The summed E-state index contributed by atoms with van der Waals surface area (Å²) in [7, 11) is 1.61. The second-order valence-corrected chi connectivity index (χ2v) is 4.99. The van der Waals surface area contributed by atoms with Gasteiger partial charge in [-0.2, -0.15) is 5.26 Å². The number of benzene rings is 1. The predicted octanol–water partition coefficient (Wildman–Crippen LogP) is 2.21. The van der Waals surface area contributed by atoms with Crippen molar-refractivity contribution in [3.8, 4) is 11.8 Å². The number of aliphatic hydroxyl groups is 1. The number of nitrogens with zero attached hydrogens (tertiary/aromatic N) is 1. The molecule has 1 atom stereocenters. The molecule has 1 aromatic carbocycles. The number of ether oxygens (including phenoxy) is 1. The molecule has 0 heterocycles. The molecule has 4 heteroatoms. The zero-order chi connectivity index (χ0) is 14.3. The highest BCUT2D eigenvalue weighted by Gasteiger charge is 2.18. The summed E-state index contributed by atoms with van der Waals surface area (Å²) in [6.45, 7) is 4.96. The highest BCUT2D eigenvalue weighted by Crippen LogP contribution is 2.19. The Bertz CT molecular complexity index is 450. The van der Waals surface area contributed by atoms with Gasteiger partial charge in [-0.3, -0.25) is 0 Å². The summed E-state index contributed by atoms with van der Waals surface area (Å²) in [5, 5.41) is 22.2. The monoisotopic (exact) mass is 262 g/mol. The molecular weight excluding hydrogens is 240 g/mol. The smallest absolute Gasteiger partial charge is 0.123 e. The Labute approximate surface area is 115 Å². The van der Waals surface area contributed by atoms with Gasteiger partial charge in [0.2, 0.25) is 0 Å². The maximum atomic E-state index is 10.1. The van der Waals surface area contributed by atoms with E-state index in [1.165, 1.54) is 0 Å². The Balaban J connectivity index is 2.64. The average Bonchev–Trinajstić information content (AvgIpc) is 2.38. The van der Waals surface area contributed by atoms with Crippen molar-refractivity contribution >= 4 is 0 Å². The van der Waals surface area contributed by atoms with Crippen molar-refractivity contribution < 1.29 is 9.84 Å². The van der Waals surface area contributed by atoms with Crippen molar-refractivity contribution in [2.75, 3.05) is 13.7 Å². The Morgan fingerprint density at radius 3 is 2.79 bits per heavy atom. The summed E-state index contributed by atoms with van der Waals surface area (Å²) < 4.78 is 5.26. The zero-order valence-corrected chi connectivity index (χ0v) is 11.9. The van der Waals surface area contributed by atoms with E-state index in [4.69, 9.17) is 10.00 Å². The van der Waals surface area contributed by atoms with E-state index in [0.717, 1.165) is 24.2 Å². The topological polar surface area (TPSA) is 65.3 Å². The van der Waals surface area contributed by atoms with Gasteiger partial charge < -0.3 is 15.2 Å². The largest absolute Gasteiger partial charge is 0.496 e. The van der Waals surface area contributed by atoms with Gasteiger partial charge in [0.15, 0.2) is 0 Å². The van der Waals surface area contributed by atoms with Crippen LogP contribution in [0.2, 0.25) is 0 Å². The summed E-state index contributed by atoms with van der Waals surface area (Å²) in [6, 6.07) is 7.44. The van der Waals surface area contributed by atoms with Crippen LogP contribution >= 0.6 is 0 Å². The van der Waals surface area contributed by atoms with Crippen molar-refractivity contribution in [2.45, 2.75) is 38.8 Å². The predicted molar refractivity (Wildman–Crippen MR) is 74.9 cm³/mol. The molecule has 0 amide bonds. The van der Waals surface area contributed by atoms with Crippen LogP contribution < -0.4 is 10.1 Å². The van der Waals surface area contributed by atoms with Crippen LogP contribution in [0.1, 0.15) is 37.8 Å². The third kappa shape index (κ3) is 4.90. The van der Waals surface area contributed by atoms with Crippen LogP contribution in [-0.2, 0) is 6.54 Å². The van der Waals surface area contributed by atoms with Gasteiger partial charge in [0.05, 0.1) is 24.3 Å². The number of nitrogens with one attached hydrogen (secondary N) is 1. The molecule has 0 fully saturated rings. The van der Waals surface area contributed by atoms with E-state index in [1.54, 1.807) is 25.3 Å². The fourth-order valence-electron chi connectivity index (χ4n) is 2.08. The van der Waals surface area contributed by atoms with E-state index in [0.29, 0.717) is 18.7 Å². The maximum Gasteiger partial charge on any atom is 0.123 e. The second kappa shape index (κ2) is 7.13. The summed E-state index contributed by atoms with van der Waals surface area (Å²) in [4.78, 5) is 0. The fourth-order valence-corrected chi connectivity index (χ4v) is 2.08. The van der Waals surface area contributed by atoms with Crippen molar-refractivity contribution in [3.05, 3.63) is 29.3 Å². The minimum absolute atomic E-state index is 0.515. The fraction of sp³-hybridized carbons (Fsp3) is 0.533. The van der Waals surface area contributed by atoms with Gasteiger partial charge in [-0.15, -0.1) is 0 Å². The normalized spacial score (nSPS) is 13.6. The van der Waals surface area contributed by atoms with E-state index in [-0.39, 0.29) is 0 Å². The van der Waals surface area contributed by atoms with Crippen LogP contribution in [0, 0.1) is 11.3 Å². The van der Waals surface area contributed by atoms with Gasteiger partial charge in [-0.1, -0.05) is 13.3 Å². The molecule has 0 radical (unpaired) electrons. The minimum atomic E-state index is -0.700. The van der Waals surface area contributed by atoms with Crippen LogP contribution in [0.25, 0.3) is 0 Å². The molecule has 1 aromatic rings. The molecule has 19 heavy (non-hydrogen) atoms. The molecule has 0 aliphatic carbocycles. The van der Waals surface area contributed by atoms with Gasteiger partial charge in [-0.05, 0) is 31.5 Å². The van der Waals surface area contributed by atoms with E-state index >= 15 is 0 Å². The molecule has 1 unspecified atom stereocenters. The van der Waals surface area contributed by atoms with E-state index in [2.05, 4.69) is 11.4 Å². The van der Waals surface area contributed by atoms with Gasteiger partial charge >= 0.3 is 0 Å². The van der Waals surface area contributed by atoms with E-state index in [9.17, 15) is 5.11 Å². The zero-order valence-electron chi connectivity index (χ0n) is 11.9. The lowest BCUT2D eigenvalue weighted by molar-refractivity contribution is 0.0497. The summed E-state index contributed by atoms with van der Waals surface area (Å²) in [5.74, 6) is 0.752. The van der Waals surface area contributed by atoms with Gasteiger partial charge in [0.1, 0.15) is 5.75 Å². The van der Waals surface area contributed by atoms with Crippen molar-refractivity contribution in [2.24, 2.45) is 0 Å². The molecule has 2 N–H and O–H groups in total. The quantitative estimate of drug-likeness (QED) is 0.790. The molecular formula is C15H22N2O2. The number of rotatable bonds is 7. The first-order chi connectivity index (χ1) is 9.02. The van der Waals surface area contributed by atoms with Crippen LogP contribution in [-0.4, -0.2) is 24.4 Å². The van der Waals surface area contributed by atoms with Crippen LogP contribution in [0.15, 0.2) is 18.2 Å². The standard InChI is InChI=1S/C15H22N2O2/c1-4-7-15(2,18)11-17-10-13-8-12(9-16)5-6-14(13)19-3/h5-6,8,17-18H,4,7,10-11H2,1-3H3. The molecule has 0 aliphatic heterocycles. The molecule has 0 bridgehead atoms. The molecule has 0 saturated carbocycles. The Kier molecular flexibility index (Phi) is 5.81. The summed E-state index contributed by atoms with van der Waals surface area (Å²) in [5.41, 5.74) is 0.834. The number of nitriles is 1. The summed E-state index contributed by atoms with van der Waals surface area (Å²) in [6.07, 6.45) is 1.71.